The quantitative estimate of drug-likeness (QED) is 0.271. The standard InChI is InChI=1S/C34H32F2N10O3/c1-4-48-22-15-43(3)33(47)29-13-21(49-34-37-11-10-26(42-34)23-6-5-7-27-30(23)44(17-22)19(2)41-27)16-45(29)31-24-14-40-46(32(24)39-18-38-31)28-9-8-20(35)12-25(28)36/h5-12,14,18,21-22,29H,4,13,15-17H2,1-3H3/t21-,22+,29-/m0/s1. The molecule has 8 rings (SSSR count). The van der Waals surface area contributed by atoms with Crippen LogP contribution in [0.1, 0.15) is 19.2 Å². The molecule has 0 N–H and O–H groups in total. The monoisotopic (exact) mass is 666 g/mol. The van der Waals surface area contributed by atoms with Crippen molar-refractivity contribution < 1.29 is 23.0 Å². The largest absolute Gasteiger partial charge is 0.458 e. The molecular formula is C34H32F2N10O3. The van der Waals surface area contributed by atoms with E-state index in [2.05, 4.69) is 24.6 Å². The van der Waals surface area contributed by atoms with E-state index in [0.717, 1.165) is 34.6 Å². The third-order valence-corrected chi connectivity index (χ3v) is 9.08. The molecule has 1 fully saturated rings. The Morgan fingerprint density at radius 1 is 1.04 bits per heavy atom. The van der Waals surface area contributed by atoms with Gasteiger partial charge in [0.2, 0.25) is 5.91 Å². The third kappa shape index (κ3) is 5.39. The van der Waals surface area contributed by atoms with Crippen molar-refractivity contribution in [1.29, 1.82) is 0 Å². The van der Waals surface area contributed by atoms with E-state index in [-0.39, 0.29) is 30.3 Å². The van der Waals surface area contributed by atoms with Gasteiger partial charge in [-0.3, -0.25) is 4.79 Å². The molecule has 49 heavy (non-hydrogen) atoms. The van der Waals surface area contributed by atoms with Crippen molar-refractivity contribution in [2.75, 3.05) is 31.6 Å². The number of nitrogens with zero attached hydrogens (tertiary/aromatic N) is 10. The number of likely N-dealkylation sites (N-methyl/N-ethyl adjacent to an activating group) is 1. The lowest BCUT2D eigenvalue weighted by atomic mass is 10.1. The van der Waals surface area contributed by atoms with Crippen molar-refractivity contribution in [1.82, 2.24) is 44.2 Å². The van der Waals surface area contributed by atoms with Crippen LogP contribution in [0.25, 0.3) is 39.0 Å². The van der Waals surface area contributed by atoms with Crippen LogP contribution in [0.2, 0.25) is 0 Å². The highest BCUT2D eigenvalue weighted by Gasteiger charge is 2.42. The number of rotatable bonds is 4. The molecule has 1 saturated heterocycles. The highest BCUT2D eigenvalue weighted by atomic mass is 19.1. The summed E-state index contributed by atoms with van der Waals surface area (Å²) in [5.74, 6) is -0.402. The third-order valence-electron chi connectivity index (χ3n) is 9.08. The Labute approximate surface area is 279 Å². The summed E-state index contributed by atoms with van der Waals surface area (Å²) in [6, 6.07) is 10.5. The normalized spacial score (nSPS) is 19.7. The zero-order chi connectivity index (χ0) is 33.8. The van der Waals surface area contributed by atoms with E-state index in [1.165, 1.54) is 23.3 Å². The van der Waals surface area contributed by atoms with Crippen LogP contribution in [-0.2, 0) is 16.1 Å². The summed E-state index contributed by atoms with van der Waals surface area (Å²) in [5, 5.41) is 4.86. The summed E-state index contributed by atoms with van der Waals surface area (Å²) in [6.07, 6.45) is 4.01. The second kappa shape index (κ2) is 12.1. The molecule has 6 aromatic rings. The number of fused-ring (bicyclic) bond motifs is 6. The first-order valence-corrected chi connectivity index (χ1v) is 16.0. The number of amides is 1. The molecule has 2 aliphatic heterocycles. The number of hydrogen-bond donors (Lipinski definition) is 0. The SMILES string of the molecule is CCO[C@@H]1CN(C)C(=O)[C@@H]2C[C@@H](CN2c2ncnc3c2cnn3-c2ccc(F)cc2F)Oc2nccc(n2)-c2cccc3nc(C)n(c23)C1. The lowest BCUT2D eigenvalue weighted by molar-refractivity contribution is -0.133. The first-order valence-electron chi connectivity index (χ1n) is 16.0. The number of hydrogen-bond acceptors (Lipinski definition) is 10. The molecule has 13 nitrogen and oxygen atoms in total. The first kappa shape index (κ1) is 30.7. The average molecular weight is 667 g/mol. The molecule has 250 valence electrons. The van der Waals surface area contributed by atoms with Gasteiger partial charge in [-0.25, -0.2) is 33.4 Å². The van der Waals surface area contributed by atoms with Crippen LogP contribution >= 0.6 is 0 Å². The van der Waals surface area contributed by atoms with E-state index in [4.69, 9.17) is 19.4 Å². The number of aryl methyl sites for hydroxylation is 1. The zero-order valence-corrected chi connectivity index (χ0v) is 27.0. The fraction of sp³-hybridized carbons (Fsp3) is 0.324. The molecule has 0 spiro atoms. The zero-order valence-electron chi connectivity index (χ0n) is 27.0. The summed E-state index contributed by atoms with van der Waals surface area (Å²) in [6.45, 7) is 5.40. The summed E-state index contributed by atoms with van der Waals surface area (Å²) < 4.78 is 44.5. The second-order valence-electron chi connectivity index (χ2n) is 12.2. The van der Waals surface area contributed by atoms with Crippen LogP contribution in [0, 0.1) is 18.6 Å². The predicted octanol–water partition coefficient (Wildman–Crippen LogP) is 4.11. The molecule has 4 bridgehead atoms. The highest BCUT2D eigenvalue weighted by molar-refractivity contribution is 5.93. The van der Waals surface area contributed by atoms with Gasteiger partial charge in [-0.2, -0.15) is 10.1 Å². The Kier molecular flexibility index (Phi) is 7.62. The minimum absolute atomic E-state index is 0.0310. The van der Waals surface area contributed by atoms with Gasteiger partial charge in [-0.15, -0.1) is 0 Å². The van der Waals surface area contributed by atoms with E-state index in [1.54, 1.807) is 18.1 Å². The molecule has 0 aliphatic carbocycles. The molecule has 1 amide bonds. The van der Waals surface area contributed by atoms with Crippen LogP contribution in [0.3, 0.4) is 0 Å². The Morgan fingerprint density at radius 3 is 2.76 bits per heavy atom. The van der Waals surface area contributed by atoms with Crippen molar-refractivity contribution in [2.45, 2.75) is 45.1 Å². The van der Waals surface area contributed by atoms with E-state index >= 15 is 0 Å². The van der Waals surface area contributed by atoms with Gasteiger partial charge in [0, 0.05) is 44.4 Å². The predicted molar refractivity (Wildman–Crippen MR) is 175 cm³/mol. The van der Waals surface area contributed by atoms with E-state index in [0.29, 0.717) is 48.7 Å². The number of benzene rings is 2. The van der Waals surface area contributed by atoms with E-state index in [9.17, 15) is 13.6 Å². The average Bonchev–Trinajstić information content (AvgIpc) is 3.79. The molecule has 0 radical (unpaired) electrons. The van der Waals surface area contributed by atoms with Gasteiger partial charge < -0.3 is 23.8 Å². The minimum atomic E-state index is -0.789. The fourth-order valence-electron chi connectivity index (χ4n) is 6.92. The lowest BCUT2D eigenvalue weighted by Crippen LogP contribution is -2.47. The molecule has 2 aliphatic rings. The number of anilines is 1. The van der Waals surface area contributed by atoms with Gasteiger partial charge in [0.1, 0.15) is 41.6 Å². The number of halogens is 2. The molecule has 4 aromatic heterocycles. The maximum atomic E-state index is 14.8. The van der Waals surface area contributed by atoms with Crippen LogP contribution < -0.4 is 9.64 Å². The van der Waals surface area contributed by atoms with Crippen molar-refractivity contribution in [3.05, 3.63) is 78.6 Å². The van der Waals surface area contributed by atoms with Crippen molar-refractivity contribution in [3.63, 3.8) is 0 Å². The molecular weight excluding hydrogens is 634 g/mol. The summed E-state index contributed by atoms with van der Waals surface area (Å²) in [7, 11) is 1.76. The minimum Gasteiger partial charge on any atom is -0.458 e. The van der Waals surface area contributed by atoms with Crippen LogP contribution in [0.4, 0.5) is 14.6 Å². The summed E-state index contributed by atoms with van der Waals surface area (Å²) in [4.78, 5) is 40.9. The number of carbonyl (C=O) groups is 1. The fourth-order valence-corrected chi connectivity index (χ4v) is 6.92. The van der Waals surface area contributed by atoms with Gasteiger partial charge in [0.15, 0.2) is 11.5 Å². The van der Waals surface area contributed by atoms with Gasteiger partial charge in [-0.05, 0) is 38.1 Å². The van der Waals surface area contributed by atoms with Crippen molar-refractivity contribution >= 4 is 33.8 Å². The number of ether oxygens (including phenoxy) is 2. The summed E-state index contributed by atoms with van der Waals surface area (Å²) >= 11 is 0. The molecule has 15 heteroatoms. The van der Waals surface area contributed by atoms with E-state index in [1.807, 2.05) is 43.0 Å². The van der Waals surface area contributed by atoms with Gasteiger partial charge in [0.05, 0.1) is 47.5 Å². The number of carbonyl (C=O) groups excluding carboxylic acids is 1. The number of imidazole rings is 1. The maximum absolute atomic E-state index is 14.8. The molecule has 6 heterocycles. The molecule has 0 saturated carbocycles. The smallest absolute Gasteiger partial charge is 0.317 e. The Bertz CT molecular complexity index is 2220. The van der Waals surface area contributed by atoms with Crippen molar-refractivity contribution in [3.8, 4) is 23.0 Å². The second-order valence-corrected chi connectivity index (χ2v) is 12.2. The van der Waals surface area contributed by atoms with Crippen molar-refractivity contribution in [2.24, 2.45) is 0 Å². The van der Waals surface area contributed by atoms with Gasteiger partial charge in [-0.1, -0.05) is 12.1 Å². The van der Waals surface area contributed by atoms with Crippen LogP contribution in [0.5, 0.6) is 6.01 Å². The van der Waals surface area contributed by atoms with E-state index < -0.39 is 23.8 Å². The number of aromatic nitrogens is 8. The molecule has 2 aromatic carbocycles. The Morgan fingerprint density at radius 2 is 1.92 bits per heavy atom. The first-order chi connectivity index (χ1) is 23.8. The van der Waals surface area contributed by atoms with Gasteiger partial charge in [0.25, 0.3) is 0 Å². The Hall–Kier alpha value is -5.57. The maximum Gasteiger partial charge on any atom is 0.317 e. The summed E-state index contributed by atoms with van der Waals surface area (Å²) in [5.41, 5.74) is 3.63. The van der Waals surface area contributed by atoms with Gasteiger partial charge >= 0.3 is 6.01 Å². The topological polar surface area (TPSA) is 129 Å². The Balaban J connectivity index is 1.22. The lowest BCUT2D eigenvalue weighted by Gasteiger charge is -2.31. The number of para-hydroxylation sites is 1. The van der Waals surface area contributed by atoms with Crippen LogP contribution in [0.15, 0.2) is 61.2 Å². The highest BCUT2D eigenvalue weighted by Crippen LogP contribution is 2.34. The molecule has 3 atom stereocenters. The molecule has 0 unspecified atom stereocenters. The van der Waals surface area contributed by atoms with Crippen LogP contribution in [-0.4, -0.2) is 95.1 Å².